The Bertz CT molecular complexity index is 270. The highest BCUT2D eigenvalue weighted by Gasteiger charge is 2.40. The second-order valence-corrected chi connectivity index (χ2v) is 6.12. The number of amides is 1. The third kappa shape index (κ3) is 1.99. The van der Waals surface area contributed by atoms with E-state index < -0.39 is 0 Å². The van der Waals surface area contributed by atoms with Gasteiger partial charge in [0.05, 0.1) is 0 Å². The second-order valence-electron chi connectivity index (χ2n) is 6.12. The van der Waals surface area contributed by atoms with Crippen LogP contribution in [0.3, 0.4) is 0 Å². The average Bonchev–Trinajstić information content (AvgIpc) is 2.92. The summed E-state index contributed by atoms with van der Waals surface area (Å²) in [6.45, 7) is 0. The van der Waals surface area contributed by atoms with E-state index in [2.05, 4.69) is 5.32 Å². The maximum absolute atomic E-state index is 12.1. The van der Waals surface area contributed by atoms with Crippen molar-refractivity contribution in [3.05, 3.63) is 0 Å². The Kier molecular flexibility index (Phi) is 2.91. The van der Waals surface area contributed by atoms with Crippen molar-refractivity contribution in [1.29, 1.82) is 0 Å². The highest BCUT2D eigenvalue weighted by atomic mass is 16.1. The van der Waals surface area contributed by atoms with E-state index in [1.165, 1.54) is 44.9 Å². The van der Waals surface area contributed by atoms with Crippen molar-refractivity contribution in [3.8, 4) is 0 Å². The molecule has 2 heteroatoms. The molecule has 0 spiro atoms. The van der Waals surface area contributed by atoms with Gasteiger partial charge in [-0.15, -0.1) is 0 Å². The first-order chi connectivity index (χ1) is 7.83. The van der Waals surface area contributed by atoms with Crippen LogP contribution in [0.1, 0.15) is 57.8 Å². The van der Waals surface area contributed by atoms with Crippen LogP contribution in [0.5, 0.6) is 0 Å². The Morgan fingerprint density at radius 1 is 0.938 bits per heavy atom. The zero-order chi connectivity index (χ0) is 11.0. The predicted molar refractivity (Wildman–Crippen MR) is 64.0 cm³/mol. The smallest absolute Gasteiger partial charge is 0.223 e. The molecule has 0 unspecified atom stereocenters. The monoisotopic (exact) mass is 221 g/mol. The standard InChI is InChI=1S/C14H23NO/c16-14(11-4-2-1-3-5-11)15-13-9-10-6-7-12(13)8-10/h10-13H,1-9H2,(H,15,16)/t10-,12-,13+/m0/s1. The summed E-state index contributed by atoms with van der Waals surface area (Å²) in [4.78, 5) is 12.1. The van der Waals surface area contributed by atoms with Crippen LogP contribution in [-0.4, -0.2) is 11.9 Å². The molecule has 2 nitrogen and oxygen atoms in total. The van der Waals surface area contributed by atoms with Gasteiger partial charge in [-0.25, -0.2) is 0 Å². The van der Waals surface area contributed by atoms with E-state index in [1.54, 1.807) is 0 Å². The topological polar surface area (TPSA) is 29.1 Å². The first-order valence-electron chi connectivity index (χ1n) is 7.13. The molecule has 2 bridgehead atoms. The Hall–Kier alpha value is -0.530. The molecule has 0 aromatic carbocycles. The molecular weight excluding hydrogens is 198 g/mol. The summed E-state index contributed by atoms with van der Waals surface area (Å²) in [7, 11) is 0. The molecule has 1 amide bonds. The fourth-order valence-corrected chi connectivity index (χ4v) is 4.09. The van der Waals surface area contributed by atoms with Crippen LogP contribution < -0.4 is 5.32 Å². The molecule has 3 fully saturated rings. The predicted octanol–water partition coefficient (Wildman–Crippen LogP) is 2.87. The lowest BCUT2D eigenvalue weighted by atomic mass is 9.87. The lowest BCUT2D eigenvalue weighted by Crippen LogP contribution is -2.42. The van der Waals surface area contributed by atoms with Crippen molar-refractivity contribution in [2.45, 2.75) is 63.8 Å². The molecule has 3 saturated carbocycles. The van der Waals surface area contributed by atoms with Crippen molar-refractivity contribution in [2.75, 3.05) is 0 Å². The molecule has 0 aliphatic heterocycles. The summed E-state index contributed by atoms with van der Waals surface area (Å²) in [6, 6.07) is 0.535. The van der Waals surface area contributed by atoms with Crippen LogP contribution in [0, 0.1) is 17.8 Å². The number of carbonyl (C=O) groups is 1. The molecule has 0 aromatic heterocycles. The summed E-state index contributed by atoms with van der Waals surface area (Å²) in [5, 5.41) is 3.34. The fourth-order valence-electron chi connectivity index (χ4n) is 4.09. The van der Waals surface area contributed by atoms with Crippen LogP contribution in [0.4, 0.5) is 0 Å². The molecule has 0 radical (unpaired) electrons. The summed E-state index contributed by atoms with van der Waals surface area (Å²) in [6.07, 6.45) is 11.5. The third-order valence-electron chi connectivity index (χ3n) is 5.04. The molecule has 0 aromatic rings. The first kappa shape index (κ1) is 10.6. The molecular formula is C14H23NO. The van der Waals surface area contributed by atoms with Gasteiger partial charge in [0.25, 0.3) is 0 Å². The molecule has 1 N–H and O–H groups in total. The molecule has 3 atom stereocenters. The van der Waals surface area contributed by atoms with Crippen molar-refractivity contribution >= 4 is 5.91 Å². The Morgan fingerprint density at radius 3 is 2.38 bits per heavy atom. The number of fused-ring (bicyclic) bond motifs is 2. The minimum atomic E-state index is 0.341. The van der Waals surface area contributed by atoms with Crippen LogP contribution in [0.25, 0.3) is 0 Å². The van der Waals surface area contributed by atoms with E-state index in [0.29, 0.717) is 17.9 Å². The Morgan fingerprint density at radius 2 is 1.75 bits per heavy atom. The molecule has 90 valence electrons. The zero-order valence-electron chi connectivity index (χ0n) is 10.1. The van der Waals surface area contributed by atoms with Gasteiger partial charge < -0.3 is 5.32 Å². The van der Waals surface area contributed by atoms with Crippen LogP contribution in [0.2, 0.25) is 0 Å². The molecule has 0 heterocycles. The number of rotatable bonds is 2. The van der Waals surface area contributed by atoms with Gasteiger partial charge in [0, 0.05) is 12.0 Å². The van der Waals surface area contributed by atoms with E-state index in [0.717, 1.165) is 24.7 Å². The van der Waals surface area contributed by atoms with Gasteiger partial charge in [-0.1, -0.05) is 25.7 Å². The van der Waals surface area contributed by atoms with Crippen LogP contribution >= 0.6 is 0 Å². The molecule has 3 rings (SSSR count). The van der Waals surface area contributed by atoms with Crippen molar-refractivity contribution in [3.63, 3.8) is 0 Å². The van der Waals surface area contributed by atoms with Crippen LogP contribution in [-0.2, 0) is 4.79 Å². The number of hydrogen-bond acceptors (Lipinski definition) is 1. The van der Waals surface area contributed by atoms with E-state index in [9.17, 15) is 4.79 Å². The summed E-state index contributed by atoms with van der Waals surface area (Å²) < 4.78 is 0. The summed E-state index contributed by atoms with van der Waals surface area (Å²) in [5.41, 5.74) is 0. The minimum absolute atomic E-state index is 0.341. The van der Waals surface area contributed by atoms with Crippen LogP contribution in [0.15, 0.2) is 0 Å². The highest BCUT2D eigenvalue weighted by Crippen LogP contribution is 2.44. The van der Waals surface area contributed by atoms with E-state index in [-0.39, 0.29) is 0 Å². The second kappa shape index (κ2) is 4.38. The Balaban J connectivity index is 1.52. The fraction of sp³-hybridized carbons (Fsp3) is 0.929. The lowest BCUT2D eigenvalue weighted by molar-refractivity contribution is -0.127. The quantitative estimate of drug-likeness (QED) is 0.763. The number of nitrogens with one attached hydrogen (secondary N) is 1. The average molecular weight is 221 g/mol. The summed E-state index contributed by atoms with van der Waals surface area (Å²) in [5.74, 6) is 2.46. The van der Waals surface area contributed by atoms with Crippen molar-refractivity contribution in [2.24, 2.45) is 17.8 Å². The zero-order valence-corrected chi connectivity index (χ0v) is 10.1. The van der Waals surface area contributed by atoms with E-state index >= 15 is 0 Å². The van der Waals surface area contributed by atoms with Gasteiger partial charge in [-0.2, -0.15) is 0 Å². The minimum Gasteiger partial charge on any atom is -0.353 e. The van der Waals surface area contributed by atoms with Gasteiger partial charge in [-0.3, -0.25) is 4.79 Å². The van der Waals surface area contributed by atoms with Gasteiger partial charge >= 0.3 is 0 Å². The molecule has 3 aliphatic carbocycles. The van der Waals surface area contributed by atoms with E-state index in [1.807, 2.05) is 0 Å². The van der Waals surface area contributed by atoms with Crippen molar-refractivity contribution in [1.82, 2.24) is 5.32 Å². The van der Waals surface area contributed by atoms with Gasteiger partial charge in [0.2, 0.25) is 5.91 Å². The Labute approximate surface area is 98.2 Å². The molecule has 16 heavy (non-hydrogen) atoms. The van der Waals surface area contributed by atoms with Gasteiger partial charge in [-0.05, 0) is 43.9 Å². The van der Waals surface area contributed by atoms with Crippen molar-refractivity contribution < 1.29 is 4.79 Å². The molecule has 0 saturated heterocycles. The normalized spacial score (nSPS) is 38.9. The van der Waals surface area contributed by atoms with Gasteiger partial charge in [0.15, 0.2) is 0 Å². The number of carbonyl (C=O) groups excluding carboxylic acids is 1. The molecule has 3 aliphatic rings. The SMILES string of the molecule is O=C(N[C@@H]1C[C@H]2CC[C@H]1C2)C1CCCCC1. The number of hydrogen-bond donors (Lipinski definition) is 1. The third-order valence-corrected chi connectivity index (χ3v) is 5.04. The van der Waals surface area contributed by atoms with E-state index in [4.69, 9.17) is 0 Å². The first-order valence-corrected chi connectivity index (χ1v) is 7.13. The summed E-state index contributed by atoms with van der Waals surface area (Å²) >= 11 is 0. The van der Waals surface area contributed by atoms with Gasteiger partial charge in [0.1, 0.15) is 0 Å². The highest BCUT2D eigenvalue weighted by molar-refractivity contribution is 5.79. The maximum atomic E-state index is 12.1. The largest absolute Gasteiger partial charge is 0.353 e. The maximum Gasteiger partial charge on any atom is 0.223 e. The lowest BCUT2D eigenvalue weighted by Gasteiger charge is -2.27.